The molecular weight excluding hydrogens is 532 g/mol. The molecule has 0 radical (unpaired) electrons. The van der Waals surface area contributed by atoms with Crippen LogP contribution in [0, 0.1) is 5.41 Å². The molecule has 0 bridgehead atoms. The van der Waals surface area contributed by atoms with Gasteiger partial charge in [-0.25, -0.2) is 0 Å². The van der Waals surface area contributed by atoms with Gasteiger partial charge in [-0.05, 0) is 0 Å². The molecule has 0 aromatic heterocycles. The molecule has 0 aliphatic carbocycles. The molecule has 0 aromatic rings. The van der Waals surface area contributed by atoms with Gasteiger partial charge in [-0.15, -0.1) is 0 Å². The van der Waals surface area contributed by atoms with Crippen molar-refractivity contribution in [1.29, 1.82) is 0 Å². The van der Waals surface area contributed by atoms with E-state index in [0.29, 0.717) is 0 Å². The topological polar surface area (TPSA) is 278 Å². The van der Waals surface area contributed by atoms with E-state index in [2.05, 4.69) is 18.1 Å². The molecule has 0 spiro atoms. The minimum atomic E-state index is -5.50. The molecule has 0 fully saturated rings. The summed E-state index contributed by atoms with van der Waals surface area (Å²) in [5.41, 5.74) is -2.49. The zero-order chi connectivity index (χ0) is 20.2. The van der Waals surface area contributed by atoms with Crippen molar-refractivity contribution in [2.75, 3.05) is 26.4 Å². The maximum absolute atomic E-state index is 10.6. The smallest absolute Gasteiger partial charge is 0.756 e. The van der Waals surface area contributed by atoms with Crippen LogP contribution in [0.25, 0.3) is 0 Å². The van der Waals surface area contributed by atoms with E-state index in [-0.39, 0.29) is 118 Å². The fourth-order valence-corrected chi connectivity index (χ4v) is 2.87. The summed E-state index contributed by atoms with van der Waals surface area (Å²) in [6.45, 7) is -5.65. The maximum Gasteiger partial charge on any atom is 1.00 e. The molecule has 0 saturated carbocycles. The van der Waals surface area contributed by atoms with Gasteiger partial charge in [0.05, 0.1) is 31.8 Å². The Balaban J connectivity index is -0.000000480. The second-order valence-corrected chi connectivity index (χ2v) is 9.25. The van der Waals surface area contributed by atoms with Crippen LogP contribution in [-0.4, -0.2) is 46.0 Å². The molecule has 0 rings (SSSR count). The first-order chi connectivity index (χ1) is 10.8. The van der Waals surface area contributed by atoms with E-state index in [1.54, 1.807) is 0 Å². The van der Waals surface area contributed by atoms with Gasteiger partial charge in [-0.1, -0.05) is 0 Å². The van der Waals surface area contributed by atoms with Gasteiger partial charge in [0.2, 0.25) is 0 Å². The summed E-state index contributed by atoms with van der Waals surface area (Å²) >= 11 is 0. The van der Waals surface area contributed by atoms with E-state index < -0.39 is 63.1 Å². The van der Waals surface area contributed by atoms with Crippen LogP contribution in [0.2, 0.25) is 0 Å². The van der Waals surface area contributed by atoms with Crippen LogP contribution in [0.3, 0.4) is 0 Å². The van der Waals surface area contributed by atoms with Crippen molar-refractivity contribution in [2.45, 2.75) is 0 Å². The second kappa shape index (κ2) is 17.8. The zero-order valence-corrected chi connectivity index (χ0v) is 27.4. The van der Waals surface area contributed by atoms with Crippen molar-refractivity contribution in [3.63, 3.8) is 0 Å². The van der Waals surface area contributed by atoms with Gasteiger partial charge in [0.15, 0.2) is 0 Å². The molecule has 29 heavy (non-hydrogen) atoms. The SMILES string of the molecule is O=P([O-])(O)OCC(COP(=O)([O-])O)(COP(=O)([O-])O)COP(=O)([O-])O.[Na+].[Na+].[Na+].[Na+]. The molecule has 0 heterocycles. The van der Waals surface area contributed by atoms with E-state index in [0.717, 1.165) is 0 Å². The van der Waals surface area contributed by atoms with Gasteiger partial charge < -0.3 is 57.2 Å². The van der Waals surface area contributed by atoms with E-state index >= 15 is 0 Å². The number of phosphoric ester groups is 4. The van der Waals surface area contributed by atoms with Crippen molar-refractivity contribution >= 4 is 31.3 Å². The van der Waals surface area contributed by atoms with E-state index in [1.165, 1.54) is 0 Å². The Hall–Kier alpha value is 4.44. The number of hydrogen-bond acceptors (Lipinski definition) is 12. The third-order valence-corrected chi connectivity index (χ3v) is 3.96. The zero-order valence-electron chi connectivity index (χ0n) is 15.8. The van der Waals surface area contributed by atoms with Gasteiger partial charge in [0.1, 0.15) is 0 Å². The van der Waals surface area contributed by atoms with Gasteiger partial charge in [0, 0.05) is 0 Å². The molecule has 4 N–H and O–H groups in total. The van der Waals surface area contributed by atoms with Crippen LogP contribution < -0.4 is 138 Å². The second-order valence-electron chi connectivity index (χ2n) is 4.47. The van der Waals surface area contributed by atoms with E-state index in [4.69, 9.17) is 19.6 Å². The van der Waals surface area contributed by atoms with Gasteiger partial charge in [0.25, 0.3) is 31.3 Å². The summed E-state index contributed by atoms with van der Waals surface area (Å²) < 4.78 is 58.0. The fraction of sp³-hybridized carbons (Fsp3) is 1.00. The van der Waals surface area contributed by atoms with Crippen LogP contribution in [0.15, 0.2) is 0 Å². The Bertz CT molecular complexity index is 511. The van der Waals surface area contributed by atoms with Gasteiger partial charge >= 0.3 is 118 Å². The van der Waals surface area contributed by atoms with Crippen LogP contribution in [-0.2, 0) is 36.4 Å². The normalized spacial score (nSPS) is 21.0. The standard InChI is InChI=1S/C5H16O16P4.4Na/c6-22(7,8)18-1-5(2-19-23(9,10)11,3-20-24(12,13)14)4-21-25(15,16)17;;;;/h1-4H2,(H2,6,7,8)(H2,9,10,11)(H2,12,13,14)(H2,15,16,17);;;;/q;4*+1/p-4. The number of rotatable bonds is 12. The van der Waals surface area contributed by atoms with Crippen molar-refractivity contribution < 1.29 is 194 Å². The Morgan fingerprint density at radius 3 is 0.759 bits per heavy atom. The van der Waals surface area contributed by atoms with E-state index in [1.807, 2.05) is 0 Å². The Morgan fingerprint density at radius 2 is 0.655 bits per heavy atom. The predicted molar refractivity (Wildman–Crippen MR) is 65.5 cm³/mol. The molecule has 0 amide bonds. The third-order valence-electron chi connectivity index (χ3n) is 2.14. The van der Waals surface area contributed by atoms with Gasteiger partial charge in [-0.2, -0.15) is 0 Å². The largest absolute Gasteiger partial charge is 1.00 e. The molecule has 4 unspecified atom stereocenters. The average molecular weight is 544 g/mol. The van der Waals surface area contributed by atoms with Crippen molar-refractivity contribution in [1.82, 2.24) is 0 Å². The molecule has 0 aromatic carbocycles. The number of phosphoric acid groups is 4. The van der Waals surface area contributed by atoms with E-state index in [9.17, 15) is 37.8 Å². The monoisotopic (exact) mass is 544 g/mol. The third kappa shape index (κ3) is 28.6. The Morgan fingerprint density at radius 1 is 0.517 bits per heavy atom. The minimum absolute atomic E-state index is 0. The molecule has 152 valence electrons. The molecule has 16 nitrogen and oxygen atoms in total. The first-order valence-electron chi connectivity index (χ1n) is 5.56. The number of hydrogen-bond donors (Lipinski definition) is 4. The summed E-state index contributed by atoms with van der Waals surface area (Å²) in [4.78, 5) is 76.6. The molecule has 0 aliphatic heterocycles. The molecule has 4 atom stereocenters. The van der Waals surface area contributed by atoms with Crippen LogP contribution in [0.5, 0.6) is 0 Å². The molecule has 24 heteroatoms. The van der Waals surface area contributed by atoms with Crippen LogP contribution >= 0.6 is 31.3 Å². The summed E-state index contributed by atoms with van der Waals surface area (Å²) in [7, 11) is -22.0. The predicted octanol–water partition coefficient (Wildman–Crippen LogP) is -16.1. The summed E-state index contributed by atoms with van der Waals surface area (Å²) in [5.74, 6) is 0. The first kappa shape index (κ1) is 43.5. The van der Waals surface area contributed by atoms with Crippen molar-refractivity contribution in [3.8, 4) is 0 Å². The summed E-state index contributed by atoms with van der Waals surface area (Å²) in [6.07, 6.45) is 0. The first-order valence-corrected chi connectivity index (χ1v) is 11.5. The maximum atomic E-state index is 10.6. The van der Waals surface area contributed by atoms with Crippen molar-refractivity contribution in [2.24, 2.45) is 5.41 Å². The van der Waals surface area contributed by atoms with Crippen LogP contribution in [0.1, 0.15) is 0 Å². The molecule has 0 saturated heterocycles. The quantitative estimate of drug-likeness (QED) is 0.131. The summed E-state index contributed by atoms with van der Waals surface area (Å²) in [6, 6.07) is 0. The Kier molecular flexibility index (Phi) is 26.7. The Labute approximate surface area is 253 Å². The molecule has 0 aliphatic rings. The van der Waals surface area contributed by atoms with Crippen LogP contribution in [0.4, 0.5) is 0 Å². The summed E-state index contributed by atoms with van der Waals surface area (Å²) in [5, 5.41) is 0. The van der Waals surface area contributed by atoms with Crippen molar-refractivity contribution in [3.05, 3.63) is 0 Å². The average Bonchev–Trinajstić information content (AvgIpc) is 2.33. The van der Waals surface area contributed by atoms with Gasteiger partial charge in [-0.3, -0.25) is 18.3 Å². The fourth-order valence-electron chi connectivity index (χ4n) is 1.12. The minimum Gasteiger partial charge on any atom is -0.756 e. The molecular formula is C5H12Na4O16P4.